The molecule has 0 aliphatic carbocycles. The van der Waals surface area contributed by atoms with Crippen molar-refractivity contribution in [3.63, 3.8) is 0 Å². The fourth-order valence-corrected chi connectivity index (χ4v) is 2.84. The Morgan fingerprint density at radius 3 is 2.46 bits per heavy atom. The maximum absolute atomic E-state index is 12.7. The van der Waals surface area contributed by atoms with Crippen LogP contribution in [0.2, 0.25) is 5.02 Å². The van der Waals surface area contributed by atoms with E-state index in [0.717, 1.165) is 22.8 Å². The quantitative estimate of drug-likeness (QED) is 0.641. The lowest BCUT2D eigenvalue weighted by Crippen LogP contribution is -2.13. The number of halogens is 4. The summed E-state index contributed by atoms with van der Waals surface area (Å²) < 4.78 is 65.9. The lowest BCUT2D eigenvalue weighted by molar-refractivity contribution is -0.137. The summed E-state index contributed by atoms with van der Waals surface area (Å²) in [6.45, 7) is 0. The Hall–Kier alpha value is -2.10. The van der Waals surface area contributed by atoms with E-state index in [-0.39, 0.29) is 26.7 Å². The van der Waals surface area contributed by atoms with E-state index in [4.69, 9.17) is 16.0 Å². The molecule has 0 spiro atoms. The van der Waals surface area contributed by atoms with Crippen molar-refractivity contribution in [2.75, 3.05) is 0 Å². The molecule has 0 fully saturated rings. The topological polar surface area (TPSA) is 75.3 Å². The van der Waals surface area contributed by atoms with Crippen LogP contribution < -0.4 is 5.76 Å². The van der Waals surface area contributed by atoms with Crippen molar-refractivity contribution >= 4 is 33.8 Å². The van der Waals surface area contributed by atoms with Crippen LogP contribution in [-0.2, 0) is 17.3 Å². The lowest BCUT2D eigenvalue weighted by atomic mass is 10.2. The summed E-state index contributed by atoms with van der Waals surface area (Å²) >= 11 is 3.36. The number of aromatic nitrogens is 1. The average Bonchev–Trinajstić information content (AvgIpc) is 2.81. The summed E-state index contributed by atoms with van der Waals surface area (Å²) in [6, 6.07) is 6.19. The van der Waals surface area contributed by atoms with Crippen LogP contribution in [-0.4, -0.2) is 13.3 Å². The molecule has 0 saturated carbocycles. The summed E-state index contributed by atoms with van der Waals surface area (Å²) in [4.78, 5) is 11.9. The van der Waals surface area contributed by atoms with Gasteiger partial charge in [-0.25, -0.2) is 9.36 Å². The van der Waals surface area contributed by atoms with E-state index in [1.807, 2.05) is 0 Å². The van der Waals surface area contributed by atoms with Gasteiger partial charge in [0.15, 0.2) is 5.58 Å². The van der Waals surface area contributed by atoms with Crippen molar-refractivity contribution in [1.82, 2.24) is 4.57 Å². The third-order valence-electron chi connectivity index (χ3n) is 3.26. The highest BCUT2D eigenvalue weighted by Gasteiger charge is 2.31. The highest BCUT2D eigenvalue weighted by Crippen LogP contribution is 2.33. The predicted octanol–water partition coefficient (Wildman–Crippen LogP) is 3.49. The highest BCUT2D eigenvalue weighted by molar-refractivity contribution is 7.79. The number of rotatable bonds is 2. The van der Waals surface area contributed by atoms with Crippen molar-refractivity contribution in [2.45, 2.75) is 11.1 Å². The molecule has 1 aromatic heterocycles. The fraction of sp³-hybridized carbons (Fsp3) is 0.0714. The molecular weight excluding hydrogens is 371 g/mol. The van der Waals surface area contributed by atoms with Crippen LogP contribution in [0.15, 0.2) is 50.5 Å². The lowest BCUT2D eigenvalue weighted by Gasteiger charge is -2.10. The number of fused-ring (bicyclic) bond motifs is 1. The Morgan fingerprint density at radius 1 is 1.17 bits per heavy atom. The van der Waals surface area contributed by atoms with Gasteiger partial charge in [-0.1, -0.05) is 11.6 Å². The number of oxazole rings is 1. The second kappa shape index (κ2) is 5.76. The molecule has 0 aliphatic rings. The zero-order chi connectivity index (χ0) is 17.6. The minimum atomic E-state index is -4.57. The summed E-state index contributed by atoms with van der Waals surface area (Å²) in [5, 5.41) is -0.300. The van der Waals surface area contributed by atoms with Gasteiger partial charge in [0.05, 0.1) is 21.8 Å². The van der Waals surface area contributed by atoms with Crippen molar-refractivity contribution in [1.29, 1.82) is 0 Å². The van der Waals surface area contributed by atoms with Gasteiger partial charge in [-0.05, 0) is 47.5 Å². The largest absolute Gasteiger partial charge is 0.768 e. The molecule has 0 bridgehead atoms. The Balaban J connectivity index is 2.22. The standard InChI is InChI=1S/C14H7ClF3NO4S/c15-9-5-7(14(16,17)18)1-3-10(9)19-11-4-2-8(24(21)22)6-12(11)23-13(19)20/h1-6H,(H,21,22)/p-1. The van der Waals surface area contributed by atoms with Crippen molar-refractivity contribution in [3.05, 3.63) is 57.5 Å². The minimum Gasteiger partial charge on any atom is -0.768 e. The van der Waals surface area contributed by atoms with Crippen LogP contribution in [0.1, 0.15) is 5.56 Å². The predicted molar refractivity (Wildman–Crippen MR) is 79.0 cm³/mol. The number of nitrogens with zero attached hydrogens (tertiary/aromatic N) is 1. The Labute approximate surface area is 139 Å². The van der Waals surface area contributed by atoms with Crippen molar-refractivity contribution < 1.29 is 26.4 Å². The first-order valence-electron chi connectivity index (χ1n) is 6.30. The van der Waals surface area contributed by atoms with Gasteiger partial charge >= 0.3 is 11.9 Å². The first-order valence-corrected chi connectivity index (χ1v) is 7.76. The van der Waals surface area contributed by atoms with Crippen LogP contribution in [0.5, 0.6) is 0 Å². The molecule has 2 aromatic carbocycles. The van der Waals surface area contributed by atoms with E-state index in [1.165, 1.54) is 12.1 Å². The summed E-state index contributed by atoms with van der Waals surface area (Å²) in [7, 11) is 0. The second-order valence-corrected chi connectivity index (χ2v) is 6.08. The first-order chi connectivity index (χ1) is 11.2. The number of benzene rings is 2. The van der Waals surface area contributed by atoms with Gasteiger partial charge in [-0.15, -0.1) is 0 Å². The monoisotopic (exact) mass is 376 g/mol. The smallest absolute Gasteiger partial charge is 0.424 e. The average molecular weight is 377 g/mol. The zero-order valence-corrected chi connectivity index (χ0v) is 13.0. The van der Waals surface area contributed by atoms with Crippen LogP contribution in [0.25, 0.3) is 16.8 Å². The van der Waals surface area contributed by atoms with Crippen LogP contribution >= 0.6 is 11.6 Å². The van der Waals surface area contributed by atoms with Crippen LogP contribution in [0.4, 0.5) is 13.2 Å². The molecule has 1 unspecified atom stereocenters. The molecule has 0 aliphatic heterocycles. The molecule has 24 heavy (non-hydrogen) atoms. The SMILES string of the molecule is O=c1oc2cc(S(=O)[O-])ccc2n1-c1ccc(C(F)(F)F)cc1Cl. The highest BCUT2D eigenvalue weighted by atomic mass is 35.5. The van der Waals surface area contributed by atoms with E-state index in [2.05, 4.69) is 0 Å². The van der Waals surface area contributed by atoms with E-state index in [1.54, 1.807) is 0 Å². The van der Waals surface area contributed by atoms with Gasteiger partial charge in [0.25, 0.3) is 0 Å². The normalized spacial score (nSPS) is 13.4. The van der Waals surface area contributed by atoms with Gasteiger partial charge in [-0.3, -0.25) is 4.21 Å². The first kappa shape index (κ1) is 16.7. The minimum absolute atomic E-state index is 0.00980. The zero-order valence-electron chi connectivity index (χ0n) is 11.5. The molecule has 3 aromatic rings. The molecule has 3 rings (SSSR count). The Bertz CT molecular complexity index is 1030. The summed E-state index contributed by atoms with van der Waals surface area (Å²) in [6.07, 6.45) is -4.57. The van der Waals surface area contributed by atoms with E-state index < -0.39 is 28.6 Å². The van der Waals surface area contributed by atoms with E-state index in [0.29, 0.717) is 6.07 Å². The molecule has 5 nitrogen and oxygen atoms in total. The van der Waals surface area contributed by atoms with Crippen LogP contribution in [0.3, 0.4) is 0 Å². The molecular formula is C14H6ClF3NO4S-. The molecule has 126 valence electrons. The molecule has 0 radical (unpaired) electrons. The van der Waals surface area contributed by atoms with Crippen molar-refractivity contribution in [2.24, 2.45) is 0 Å². The van der Waals surface area contributed by atoms with E-state index >= 15 is 0 Å². The maximum Gasteiger partial charge on any atom is 0.424 e. The third-order valence-corrected chi connectivity index (χ3v) is 4.20. The summed E-state index contributed by atoms with van der Waals surface area (Å²) in [5.41, 5.74) is -0.820. The van der Waals surface area contributed by atoms with Gasteiger partial charge in [0.2, 0.25) is 0 Å². The number of hydrogen-bond acceptors (Lipinski definition) is 4. The Morgan fingerprint density at radius 2 is 1.88 bits per heavy atom. The van der Waals surface area contributed by atoms with Crippen molar-refractivity contribution in [3.8, 4) is 5.69 Å². The van der Waals surface area contributed by atoms with Crippen LogP contribution in [0, 0.1) is 0 Å². The molecule has 0 N–H and O–H groups in total. The number of hydrogen-bond donors (Lipinski definition) is 0. The fourth-order valence-electron chi connectivity index (χ4n) is 2.20. The van der Waals surface area contributed by atoms with Gasteiger partial charge < -0.3 is 8.97 Å². The third kappa shape index (κ3) is 2.85. The van der Waals surface area contributed by atoms with Gasteiger partial charge in [0, 0.05) is 4.90 Å². The van der Waals surface area contributed by atoms with Gasteiger partial charge in [0.1, 0.15) is 0 Å². The molecule has 10 heteroatoms. The molecule has 0 amide bonds. The molecule has 1 heterocycles. The maximum atomic E-state index is 12.7. The van der Waals surface area contributed by atoms with E-state index in [9.17, 15) is 26.7 Å². The second-order valence-electron chi connectivity index (χ2n) is 4.73. The Kier molecular flexibility index (Phi) is 4.02. The number of alkyl halides is 3. The summed E-state index contributed by atoms with van der Waals surface area (Å²) in [5.74, 6) is -0.902. The molecule has 0 saturated heterocycles. The van der Waals surface area contributed by atoms with Gasteiger partial charge in [-0.2, -0.15) is 13.2 Å². The molecule has 1 atom stereocenters.